The second kappa shape index (κ2) is 10.4. The lowest BCUT2D eigenvalue weighted by Gasteiger charge is -2.13. The van der Waals surface area contributed by atoms with Crippen LogP contribution in [0.5, 0.6) is 0 Å². The summed E-state index contributed by atoms with van der Waals surface area (Å²) in [7, 11) is 3.02. The highest BCUT2D eigenvalue weighted by Crippen LogP contribution is 2.21. The first kappa shape index (κ1) is 22.3. The number of hydrogen-bond acceptors (Lipinski definition) is 3. The lowest BCUT2D eigenvalue weighted by Crippen LogP contribution is -2.25. The summed E-state index contributed by atoms with van der Waals surface area (Å²) in [5, 5.41) is 9.77. The van der Waals surface area contributed by atoms with Crippen molar-refractivity contribution in [2.45, 2.75) is 0 Å². The van der Waals surface area contributed by atoms with Crippen molar-refractivity contribution in [1.82, 2.24) is 5.06 Å². The predicted molar refractivity (Wildman–Crippen MR) is 110 cm³/mol. The van der Waals surface area contributed by atoms with E-state index in [1.54, 1.807) is 37.4 Å². The van der Waals surface area contributed by atoms with Crippen LogP contribution in [0.25, 0.3) is 0 Å². The van der Waals surface area contributed by atoms with Crippen LogP contribution in [0.15, 0.2) is 54.3 Å². The number of benzene rings is 2. The fourth-order valence-electron chi connectivity index (χ4n) is 1.62. The Labute approximate surface area is 178 Å². The van der Waals surface area contributed by atoms with E-state index in [0.29, 0.717) is 5.56 Å². The number of carboxylic acids is 1. The Balaban J connectivity index is 0.000000257. The van der Waals surface area contributed by atoms with Gasteiger partial charge in [0.1, 0.15) is 0 Å². The molecule has 0 atom stereocenters. The molecule has 0 unspecified atom stereocenters. The van der Waals surface area contributed by atoms with Crippen LogP contribution in [0.1, 0.15) is 20.7 Å². The molecule has 0 radical (unpaired) electrons. The van der Waals surface area contributed by atoms with Gasteiger partial charge in [-0.2, -0.15) is 0 Å². The summed E-state index contributed by atoms with van der Waals surface area (Å²) in [5.41, 5.74) is 0.835. The van der Waals surface area contributed by atoms with Crippen LogP contribution in [0, 0.1) is 0 Å². The van der Waals surface area contributed by atoms with Crippen LogP contribution in [0.3, 0.4) is 0 Å². The molecule has 2 aromatic carbocycles. The fraction of sp³-hybridized carbons (Fsp3) is 0.125. The molecule has 1 N–H and O–H groups in total. The SMILES string of the molecule is CON(C)C(=O)c1cc(Br)cc(Br)c1.O=C(O)c1cc(Br)cc(Br)c1. The number of hydrogen-bond donors (Lipinski definition) is 1. The zero-order valence-electron chi connectivity index (χ0n) is 13.1. The lowest BCUT2D eigenvalue weighted by atomic mass is 10.2. The van der Waals surface area contributed by atoms with Gasteiger partial charge < -0.3 is 5.11 Å². The summed E-state index contributed by atoms with van der Waals surface area (Å²) in [6.07, 6.45) is 0. The first-order chi connectivity index (χ1) is 11.6. The second-order valence-electron chi connectivity index (χ2n) is 4.61. The molecule has 0 aliphatic heterocycles. The summed E-state index contributed by atoms with van der Waals surface area (Å²) in [6, 6.07) is 10.2. The van der Waals surface area contributed by atoms with Crippen LogP contribution in [0.4, 0.5) is 0 Å². The molecular weight excluding hydrogens is 590 g/mol. The second-order valence-corrected chi connectivity index (χ2v) is 8.27. The maximum absolute atomic E-state index is 11.6. The molecule has 0 spiro atoms. The number of aromatic carboxylic acids is 1. The summed E-state index contributed by atoms with van der Waals surface area (Å²) >= 11 is 13.0. The minimum Gasteiger partial charge on any atom is -0.478 e. The molecule has 0 saturated carbocycles. The van der Waals surface area contributed by atoms with Crippen LogP contribution in [0.2, 0.25) is 0 Å². The Morgan fingerprint density at radius 1 is 0.840 bits per heavy atom. The molecule has 0 aliphatic rings. The van der Waals surface area contributed by atoms with Crippen LogP contribution in [-0.4, -0.2) is 36.2 Å². The van der Waals surface area contributed by atoms with E-state index in [2.05, 4.69) is 63.7 Å². The Morgan fingerprint density at radius 2 is 1.20 bits per heavy atom. The molecule has 25 heavy (non-hydrogen) atoms. The average molecular weight is 603 g/mol. The number of carbonyl (C=O) groups is 2. The van der Waals surface area contributed by atoms with Crippen LogP contribution in [-0.2, 0) is 4.84 Å². The Morgan fingerprint density at radius 3 is 1.52 bits per heavy atom. The van der Waals surface area contributed by atoms with Crippen molar-refractivity contribution in [2.75, 3.05) is 14.2 Å². The smallest absolute Gasteiger partial charge is 0.335 e. The van der Waals surface area contributed by atoms with Gasteiger partial charge in [0.05, 0.1) is 12.7 Å². The molecule has 134 valence electrons. The van der Waals surface area contributed by atoms with Gasteiger partial charge in [0, 0.05) is 30.5 Å². The summed E-state index contributed by atoms with van der Waals surface area (Å²) in [6.45, 7) is 0. The number of halogens is 4. The molecule has 1 amide bonds. The maximum atomic E-state index is 11.6. The van der Waals surface area contributed by atoms with E-state index in [-0.39, 0.29) is 11.5 Å². The molecule has 2 aromatic rings. The van der Waals surface area contributed by atoms with Crippen molar-refractivity contribution in [3.8, 4) is 0 Å². The highest BCUT2D eigenvalue weighted by molar-refractivity contribution is 9.11. The number of nitrogens with zero attached hydrogens (tertiary/aromatic N) is 1. The van der Waals surface area contributed by atoms with E-state index < -0.39 is 5.97 Å². The van der Waals surface area contributed by atoms with Crippen molar-refractivity contribution >= 4 is 75.6 Å². The van der Waals surface area contributed by atoms with E-state index in [1.807, 2.05) is 6.07 Å². The lowest BCUT2D eigenvalue weighted by molar-refractivity contribution is -0.0757. The van der Waals surface area contributed by atoms with Gasteiger partial charge in [-0.3, -0.25) is 9.63 Å². The molecule has 5 nitrogen and oxygen atoms in total. The topological polar surface area (TPSA) is 66.8 Å². The first-order valence-corrected chi connectivity index (χ1v) is 9.79. The molecule has 0 bridgehead atoms. The molecule has 0 heterocycles. The average Bonchev–Trinajstić information content (AvgIpc) is 2.52. The Bertz CT molecular complexity index is 742. The summed E-state index contributed by atoms with van der Waals surface area (Å²) < 4.78 is 3.20. The summed E-state index contributed by atoms with van der Waals surface area (Å²) in [5.74, 6) is -1.11. The van der Waals surface area contributed by atoms with E-state index in [9.17, 15) is 9.59 Å². The fourth-order valence-corrected chi connectivity index (χ4v) is 4.21. The molecule has 0 aliphatic carbocycles. The number of carbonyl (C=O) groups excluding carboxylic acids is 1. The molecule has 9 heteroatoms. The van der Waals surface area contributed by atoms with Gasteiger partial charge in [0.25, 0.3) is 5.91 Å². The minimum atomic E-state index is -0.924. The van der Waals surface area contributed by atoms with Crippen molar-refractivity contribution in [3.63, 3.8) is 0 Å². The van der Waals surface area contributed by atoms with Crippen LogP contribution >= 0.6 is 63.7 Å². The standard InChI is InChI=1S/C9H9Br2NO2.C7H4Br2O2/c1-12(14-2)9(13)6-3-7(10)5-8(11)4-6;8-5-1-4(7(10)11)2-6(9)3-5/h3-5H,1-2H3;1-3H,(H,10,11). The normalized spacial score (nSPS) is 9.84. The number of carboxylic acid groups (broad SMARTS) is 1. The molecule has 2 rings (SSSR count). The quantitative estimate of drug-likeness (QED) is 0.454. The number of amides is 1. The highest BCUT2D eigenvalue weighted by Gasteiger charge is 2.12. The van der Waals surface area contributed by atoms with Gasteiger partial charge in [-0.05, 0) is 36.4 Å². The van der Waals surface area contributed by atoms with Crippen molar-refractivity contribution in [2.24, 2.45) is 0 Å². The first-order valence-electron chi connectivity index (χ1n) is 6.61. The largest absolute Gasteiger partial charge is 0.478 e. The van der Waals surface area contributed by atoms with E-state index in [1.165, 1.54) is 12.2 Å². The molecular formula is C16H13Br4NO4. The van der Waals surface area contributed by atoms with E-state index >= 15 is 0 Å². The van der Waals surface area contributed by atoms with Gasteiger partial charge in [-0.1, -0.05) is 63.7 Å². The zero-order chi connectivity index (χ0) is 19.1. The third-order valence-corrected chi connectivity index (χ3v) is 4.61. The van der Waals surface area contributed by atoms with Gasteiger partial charge in [0.2, 0.25) is 0 Å². The third kappa shape index (κ3) is 7.57. The minimum absolute atomic E-state index is 0.186. The van der Waals surface area contributed by atoms with Gasteiger partial charge in [0.15, 0.2) is 0 Å². The number of hydroxylamine groups is 2. The summed E-state index contributed by atoms with van der Waals surface area (Å²) in [4.78, 5) is 26.9. The third-order valence-electron chi connectivity index (χ3n) is 2.78. The highest BCUT2D eigenvalue weighted by atomic mass is 79.9. The predicted octanol–water partition coefficient (Wildman–Crippen LogP) is 5.75. The van der Waals surface area contributed by atoms with E-state index in [4.69, 9.17) is 9.94 Å². The van der Waals surface area contributed by atoms with Crippen molar-refractivity contribution in [1.29, 1.82) is 0 Å². The van der Waals surface area contributed by atoms with Crippen molar-refractivity contribution in [3.05, 3.63) is 65.4 Å². The van der Waals surface area contributed by atoms with Crippen molar-refractivity contribution < 1.29 is 19.5 Å². The maximum Gasteiger partial charge on any atom is 0.335 e. The van der Waals surface area contributed by atoms with Gasteiger partial charge in [-0.25, -0.2) is 9.86 Å². The molecule has 0 saturated heterocycles. The van der Waals surface area contributed by atoms with Crippen LogP contribution < -0.4 is 0 Å². The molecule has 0 aromatic heterocycles. The Kier molecular flexibility index (Phi) is 9.29. The monoisotopic (exact) mass is 599 g/mol. The van der Waals surface area contributed by atoms with Gasteiger partial charge in [-0.15, -0.1) is 0 Å². The van der Waals surface area contributed by atoms with E-state index in [0.717, 1.165) is 17.9 Å². The Hall–Kier alpha value is -0.740. The molecule has 0 fully saturated rings. The number of rotatable bonds is 3. The van der Waals surface area contributed by atoms with Gasteiger partial charge >= 0.3 is 5.97 Å². The zero-order valence-corrected chi connectivity index (χ0v) is 19.4.